The van der Waals surface area contributed by atoms with Gasteiger partial charge in [-0.25, -0.2) is 9.78 Å². The maximum absolute atomic E-state index is 11.7. The predicted octanol–water partition coefficient (Wildman–Crippen LogP) is 8.28. The number of ether oxygens (including phenoxy) is 3. The van der Waals surface area contributed by atoms with Gasteiger partial charge < -0.3 is 19.3 Å². The van der Waals surface area contributed by atoms with Crippen LogP contribution in [0.3, 0.4) is 0 Å². The minimum absolute atomic E-state index is 0.152. The smallest absolute Gasteiger partial charge is 0.344 e. The third kappa shape index (κ3) is 9.47. The molecular formula is C33H34ClNO5. The van der Waals surface area contributed by atoms with E-state index in [9.17, 15) is 9.90 Å². The van der Waals surface area contributed by atoms with E-state index in [0.717, 1.165) is 16.6 Å². The van der Waals surface area contributed by atoms with E-state index < -0.39 is 12.1 Å². The fraction of sp³-hybridized carbons (Fsp3) is 0.212. The normalized spacial score (nSPS) is 11.2. The van der Waals surface area contributed by atoms with Crippen molar-refractivity contribution in [3.63, 3.8) is 0 Å². The van der Waals surface area contributed by atoms with Crippen LogP contribution in [0.15, 0.2) is 104 Å². The number of hydrogen-bond acceptors (Lipinski definition) is 5. The van der Waals surface area contributed by atoms with Crippen LogP contribution >= 0.6 is 11.6 Å². The van der Waals surface area contributed by atoms with Crippen molar-refractivity contribution in [1.82, 2.24) is 4.98 Å². The second kappa shape index (κ2) is 15.3. The van der Waals surface area contributed by atoms with Gasteiger partial charge in [-0.05, 0) is 54.8 Å². The fourth-order valence-corrected chi connectivity index (χ4v) is 3.91. The molecule has 1 N–H and O–H groups in total. The molecule has 0 aliphatic heterocycles. The Hall–Kier alpha value is -4.29. The molecule has 0 aliphatic rings. The second-order valence-corrected chi connectivity index (χ2v) is 9.78. The van der Waals surface area contributed by atoms with Gasteiger partial charge in [-0.15, -0.1) is 0 Å². The number of fused-ring (bicyclic) bond motifs is 1. The molecule has 0 spiro atoms. The highest BCUT2D eigenvalue weighted by atomic mass is 35.5. The number of pyridine rings is 1. The van der Waals surface area contributed by atoms with Gasteiger partial charge in [0, 0.05) is 22.0 Å². The summed E-state index contributed by atoms with van der Waals surface area (Å²) < 4.78 is 17.8. The van der Waals surface area contributed by atoms with Gasteiger partial charge in [-0.2, -0.15) is 0 Å². The molecule has 7 heteroatoms. The highest BCUT2D eigenvalue weighted by molar-refractivity contribution is 6.30. The van der Waals surface area contributed by atoms with Gasteiger partial charge >= 0.3 is 5.97 Å². The standard InChI is InChI=1S/C29H28ClNO5.C4H6/c1-19(2)14-28(29(32)33)36-27-13-11-22(30)15-21(27)17-34-24-7-5-8-25(16-24)35-18-23-12-10-20-6-3-4-9-26(20)31-23;1-3-4-2/h3-13,15-16,19,28H,14,17-18H2,1-2H3,(H,32,33);3-4H,1-2H2. The van der Waals surface area contributed by atoms with Crippen molar-refractivity contribution in [2.45, 2.75) is 39.6 Å². The van der Waals surface area contributed by atoms with Crippen LogP contribution < -0.4 is 14.2 Å². The van der Waals surface area contributed by atoms with Crippen molar-refractivity contribution < 1.29 is 24.1 Å². The first-order valence-electron chi connectivity index (χ1n) is 12.9. The van der Waals surface area contributed by atoms with Gasteiger partial charge in [0.15, 0.2) is 6.10 Å². The van der Waals surface area contributed by atoms with Crippen molar-refractivity contribution >= 4 is 28.5 Å². The Bertz CT molecular complexity index is 1430. The van der Waals surface area contributed by atoms with E-state index in [1.165, 1.54) is 0 Å². The molecule has 208 valence electrons. The fourth-order valence-electron chi connectivity index (χ4n) is 3.72. The summed E-state index contributed by atoms with van der Waals surface area (Å²) in [4.78, 5) is 16.3. The van der Waals surface area contributed by atoms with E-state index in [1.807, 2.05) is 68.4 Å². The monoisotopic (exact) mass is 559 g/mol. The van der Waals surface area contributed by atoms with Crippen molar-refractivity contribution in [3.8, 4) is 17.2 Å². The number of halogens is 1. The number of carboxylic acid groups (broad SMARTS) is 1. The summed E-state index contributed by atoms with van der Waals surface area (Å²) in [6.45, 7) is 11.1. The lowest BCUT2D eigenvalue weighted by Crippen LogP contribution is -2.29. The van der Waals surface area contributed by atoms with Crippen LogP contribution in [0.25, 0.3) is 10.9 Å². The third-order valence-corrected chi connectivity index (χ3v) is 5.90. The minimum atomic E-state index is -1.00. The van der Waals surface area contributed by atoms with E-state index in [0.29, 0.717) is 40.9 Å². The molecule has 0 fully saturated rings. The van der Waals surface area contributed by atoms with E-state index in [1.54, 1.807) is 36.4 Å². The zero-order chi connectivity index (χ0) is 28.9. The first-order chi connectivity index (χ1) is 19.3. The van der Waals surface area contributed by atoms with Crippen LogP contribution in [0.5, 0.6) is 17.2 Å². The molecular weight excluding hydrogens is 526 g/mol. The van der Waals surface area contributed by atoms with Crippen LogP contribution in [-0.4, -0.2) is 22.2 Å². The van der Waals surface area contributed by atoms with Crippen LogP contribution in [0.2, 0.25) is 5.02 Å². The number of aliphatic carboxylic acids is 1. The largest absolute Gasteiger partial charge is 0.489 e. The van der Waals surface area contributed by atoms with Gasteiger partial charge in [0.2, 0.25) is 0 Å². The number of benzene rings is 3. The molecule has 6 nitrogen and oxygen atoms in total. The molecule has 4 rings (SSSR count). The number of carbonyl (C=O) groups is 1. The van der Waals surface area contributed by atoms with E-state index in [4.69, 9.17) is 25.8 Å². The molecule has 0 amide bonds. The molecule has 1 atom stereocenters. The Kier molecular flexibility index (Phi) is 11.6. The summed E-state index contributed by atoms with van der Waals surface area (Å²) in [5.41, 5.74) is 2.41. The maximum atomic E-state index is 11.7. The second-order valence-electron chi connectivity index (χ2n) is 9.35. The van der Waals surface area contributed by atoms with Crippen LogP contribution in [0, 0.1) is 5.92 Å². The molecule has 0 saturated heterocycles. The van der Waals surface area contributed by atoms with Gasteiger partial charge in [-0.1, -0.05) is 81.1 Å². The minimum Gasteiger partial charge on any atom is -0.489 e. The summed E-state index contributed by atoms with van der Waals surface area (Å²) in [5, 5.41) is 11.1. The first kappa shape index (κ1) is 30.3. The molecule has 1 aromatic heterocycles. The number of nitrogens with zero attached hydrogens (tertiary/aromatic N) is 1. The molecule has 0 radical (unpaired) electrons. The Labute approximate surface area is 240 Å². The van der Waals surface area contributed by atoms with Crippen molar-refractivity contribution in [2.24, 2.45) is 5.92 Å². The molecule has 40 heavy (non-hydrogen) atoms. The maximum Gasteiger partial charge on any atom is 0.344 e. The zero-order valence-corrected chi connectivity index (χ0v) is 23.5. The van der Waals surface area contributed by atoms with Gasteiger partial charge in [0.1, 0.15) is 30.5 Å². The summed E-state index contributed by atoms with van der Waals surface area (Å²) in [7, 11) is 0. The average Bonchev–Trinajstić information content (AvgIpc) is 2.95. The number of allylic oxidation sites excluding steroid dienone is 2. The number of para-hydroxylation sites is 1. The Morgan fingerprint density at radius 1 is 0.925 bits per heavy atom. The average molecular weight is 560 g/mol. The summed E-state index contributed by atoms with van der Waals surface area (Å²) in [5.74, 6) is 0.846. The molecule has 1 heterocycles. The van der Waals surface area contributed by atoms with Crippen molar-refractivity contribution in [3.05, 3.63) is 120 Å². The third-order valence-electron chi connectivity index (χ3n) is 5.66. The lowest BCUT2D eigenvalue weighted by atomic mass is 10.1. The van der Waals surface area contributed by atoms with Crippen LogP contribution in [0.1, 0.15) is 31.5 Å². The van der Waals surface area contributed by atoms with E-state index >= 15 is 0 Å². The number of rotatable bonds is 12. The SMILES string of the molecule is C=CC=C.CC(C)CC(Oc1ccc(Cl)cc1COc1cccc(OCc2ccc3ccccc3n2)c1)C(=O)O. The topological polar surface area (TPSA) is 77.9 Å². The number of aromatic nitrogens is 1. The highest BCUT2D eigenvalue weighted by Crippen LogP contribution is 2.28. The lowest BCUT2D eigenvalue weighted by molar-refractivity contribution is -0.145. The zero-order valence-electron chi connectivity index (χ0n) is 22.8. The van der Waals surface area contributed by atoms with Crippen LogP contribution in [-0.2, 0) is 18.0 Å². The summed E-state index contributed by atoms with van der Waals surface area (Å²) >= 11 is 6.19. The highest BCUT2D eigenvalue weighted by Gasteiger charge is 2.22. The van der Waals surface area contributed by atoms with Gasteiger partial charge in [0.25, 0.3) is 0 Å². The van der Waals surface area contributed by atoms with Crippen molar-refractivity contribution in [1.29, 1.82) is 0 Å². The predicted molar refractivity (Wildman–Crippen MR) is 160 cm³/mol. The Balaban J connectivity index is 0.00000103. The van der Waals surface area contributed by atoms with Crippen LogP contribution in [0.4, 0.5) is 0 Å². The Morgan fingerprint density at radius 2 is 1.62 bits per heavy atom. The quantitative estimate of drug-likeness (QED) is 0.176. The molecule has 0 aliphatic carbocycles. The molecule has 1 unspecified atom stereocenters. The van der Waals surface area contributed by atoms with E-state index in [-0.39, 0.29) is 12.5 Å². The summed E-state index contributed by atoms with van der Waals surface area (Å²) in [6, 6.07) is 24.3. The Morgan fingerprint density at radius 3 is 2.30 bits per heavy atom. The summed E-state index contributed by atoms with van der Waals surface area (Å²) in [6.07, 6.45) is 2.72. The van der Waals surface area contributed by atoms with Gasteiger partial charge in [0.05, 0.1) is 11.2 Å². The molecule has 0 saturated carbocycles. The molecule has 4 aromatic rings. The number of carboxylic acids is 1. The number of hydrogen-bond donors (Lipinski definition) is 1. The lowest BCUT2D eigenvalue weighted by Gasteiger charge is -2.19. The first-order valence-corrected chi connectivity index (χ1v) is 13.3. The van der Waals surface area contributed by atoms with E-state index in [2.05, 4.69) is 18.1 Å². The molecule has 3 aromatic carbocycles. The van der Waals surface area contributed by atoms with Crippen molar-refractivity contribution in [2.75, 3.05) is 0 Å². The van der Waals surface area contributed by atoms with Gasteiger partial charge in [-0.3, -0.25) is 0 Å². The molecule has 0 bridgehead atoms.